The van der Waals surface area contributed by atoms with E-state index in [1.807, 2.05) is 0 Å². The molecule has 0 radical (unpaired) electrons. The molecule has 1 aromatic carbocycles. The number of halogens is 2. The van der Waals surface area contributed by atoms with Crippen LogP contribution in [0.1, 0.15) is 11.1 Å². The van der Waals surface area contributed by atoms with Gasteiger partial charge in [0.1, 0.15) is 0 Å². The average Bonchev–Trinajstić information content (AvgIpc) is 2.43. The maximum atomic E-state index is 10.6. The number of rotatable bonds is 3. The molecule has 0 amide bonds. The number of benzene rings is 1. The molecule has 1 unspecified atom stereocenters. The lowest BCUT2D eigenvalue weighted by atomic mass is 9.89. The second-order valence-electron chi connectivity index (χ2n) is 4.16. The van der Waals surface area contributed by atoms with Gasteiger partial charge in [-0.15, -0.1) is 6.42 Å². The Labute approximate surface area is 122 Å². The van der Waals surface area contributed by atoms with E-state index in [0.717, 1.165) is 5.56 Å². The van der Waals surface area contributed by atoms with Crippen molar-refractivity contribution in [3.05, 3.63) is 63.9 Å². The first kappa shape index (κ1) is 13.9. The molecule has 19 heavy (non-hydrogen) atoms. The molecule has 4 heteroatoms. The second-order valence-corrected chi connectivity index (χ2v) is 5.00. The van der Waals surface area contributed by atoms with Gasteiger partial charge >= 0.3 is 0 Å². The normalized spacial score (nSPS) is 13.6. The summed E-state index contributed by atoms with van der Waals surface area (Å²) in [6.07, 6.45) is 8.84. The summed E-state index contributed by atoms with van der Waals surface area (Å²) < 4.78 is 0. The summed E-state index contributed by atoms with van der Waals surface area (Å²) in [7, 11) is 0. The summed E-state index contributed by atoms with van der Waals surface area (Å²) in [4.78, 5) is 3.97. The Morgan fingerprint density at radius 1 is 1.32 bits per heavy atom. The fourth-order valence-electron chi connectivity index (χ4n) is 1.78. The predicted molar refractivity (Wildman–Crippen MR) is 77.1 cm³/mol. The number of pyridine rings is 1. The number of hydrogen-bond donors (Lipinski definition) is 1. The van der Waals surface area contributed by atoms with Crippen molar-refractivity contribution in [2.75, 3.05) is 0 Å². The molecule has 1 heterocycles. The molecule has 0 aliphatic rings. The summed E-state index contributed by atoms with van der Waals surface area (Å²) >= 11 is 11.9. The molecule has 2 aromatic rings. The number of terminal acetylenes is 1. The first-order valence-corrected chi connectivity index (χ1v) is 6.35. The van der Waals surface area contributed by atoms with Crippen LogP contribution in [0.5, 0.6) is 0 Å². The molecule has 0 saturated heterocycles. The van der Waals surface area contributed by atoms with Crippen molar-refractivity contribution in [1.29, 1.82) is 0 Å². The van der Waals surface area contributed by atoms with E-state index in [1.165, 1.54) is 0 Å². The van der Waals surface area contributed by atoms with Gasteiger partial charge in [-0.1, -0.05) is 41.3 Å². The van der Waals surface area contributed by atoms with E-state index in [1.54, 1.807) is 42.7 Å². The molecule has 0 aliphatic heterocycles. The Hall–Kier alpha value is -1.53. The Balaban J connectivity index is 2.37. The van der Waals surface area contributed by atoms with Crippen molar-refractivity contribution >= 4 is 23.2 Å². The van der Waals surface area contributed by atoms with E-state index in [2.05, 4.69) is 10.9 Å². The number of aliphatic hydroxyl groups is 1. The summed E-state index contributed by atoms with van der Waals surface area (Å²) in [5.74, 6) is 2.41. The second kappa shape index (κ2) is 5.63. The Kier molecular flexibility index (Phi) is 4.11. The molecule has 1 aromatic heterocycles. The minimum absolute atomic E-state index is 0.200. The minimum Gasteiger partial charge on any atom is -0.373 e. The zero-order valence-electron chi connectivity index (χ0n) is 9.98. The van der Waals surface area contributed by atoms with Crippen molar-refractivity contribution in [2.24, 2.45) is 0 Å². The van der Waals surface area contributed by atoms with E-state index in [-0.39, 0.29) is 6.42 Å². The molecule has 1 atom stereocenters. The first-order valence-electron chi connectivity index (χ1n) is 5.60. The van der Waals surface area contributed by atoms with Crippen molar-refractivity contribution in [3.8, 4) is 12.3 Å². The van der Waals surface area contributed by atoms with Gasteiger partial charge in [0.2, 0.25) is 0 Å². The summed E-state index contributed by atoms with van der Waals surface area (Å²) in [6.45, 7) is 0. The lowest BCUT2D eigenvalue weighted by Gasteiger charge is -2.23. The zero-order valence-corrected chi connectivity index (χ0v) is 11.5. The minimum atomic E-state index is -1.44. The molecule has 0 spiro atoms. The van der Waals surface area contributed by atoms with E-state index < -0.39 is 5.60 Å². The lowest BCUT2D eigenvalue weighted by molar-refractivity contribution is 0.100. The van der Waals surface area contributed by atoms with Gasteiger partial charge in [-0.3, -0.25) is 4.98 Å². The first-order chi connectivity index (χ1) is 9.05. The van der Waals surface area contributed by atoms with Crippen molar-refractivity contribution in [2.45, 2.75) is 12.0 Å². The highest BCUT2D eigenvalue weighted by Crippen LogP contribution is 2.29. The summed E-state index contributed by atoms with van der Waals surface area (Å²) in [5.41, 5.74) is -0.148. The molecule has 0 aliphatic carbocycles. The Bertz CT molecular complexity index is 622. The third-order valence-electron chi connectivity index (χ3n) is 2.84. The highest BCUT2D eigenvalue weighted by atomic mass is 35.5. The third kappa shape index (κ3) is 3.08. The van der Waals surface area contributed by atoms with Crippen LogP contribution in [-0.4, -0.2) is 10.1 Å². The number of nitrogens with zero attached hydrogens (tertiary/aromatic N) is 1. The fourth-order valence-corrected chi connectivity index (χ4v) is 2.26. The maximum absolute atomic E-state index is 10.6. The van der Waals surface area contributed by atoms with Crippen molar-refractivity contribution in [3.63, 3.8) is 0 Å². The van der Waals surface area contributed by atoms with Crippen LogP contribution >= 0.6 is 23.2 Å². The number of hydrogen-bond acceptors (Lipinski definition) is 2. The van der Waals surface area contributed by atoms with E-state index >= 15 is 0 Å². The van der Waals surface area contributed by atoms with Gasteiger partial charge < -0.3 is 5.11 Å². The molecule has 0 fully saturated rings. The van der Waals surface area contributed by atoms with Crippen LogP contribution in [-0.2, 0) is 12.0 Å². The molecule has 0 bridgehead atoms. The van der Waals surface area contributed by atoms with Crippen molar-refractivity contribution in [1.82, 2.24) is 4.98 Å². The van der Waals surface area contributed by atoms with Crippen LogP contribution in [0.3, 0.4) is 0 Å². The van der Waals surface area contributed by atoms with Gasteiger partial charge in [-0.25, -0.2) is 0 Å². The predicted octanol–water partition coefficient (Wildman–Crippen LogP) is 3.45. The molecule has 96 valence electrons. The van der Waals surface area contributed by atoms with Gasteiger partial charge in [0.05, 0.1) is 0 Å². The molecule has 2 rings (SSSR count). The molecule has 2 nitrogen and oxygen atoms in total. The van der Waals surface area contributed by atoms with Crippen molar-refractivity contribution < 1.29 is 5.11 Å². The van der Waals surface area contributed by atoms with Gasteiger partial charge in [0, 0.05) is 34.4 Å². The molecular formula is C15H11Cl2NO. The van der Waals surface area contributed by atoms with Gasteiger partial charge in [-0.2, -0.15) is 0 Å². The Morgan fingerprint density at radius 3 is 2.68 bits per heavy atom. The maximum Gasteiger partial charge on any atom is 0.156 e. The molecule has 1 N–H and O–H groups in total. The summed E-state index contributed by atoms with van der Waals surface area (Å²) in [6, 6.07) is 8.54. The van der Waals surface area contributed by atoms with Crippen LogP contribution < -0.4 is 0 Å². The largest absolute Gasteiger partial charge is 0.373 e. The van der Waals surface area contributed by atoms with Crippen LogP contribution in [0, 0.1) is 12.3 Å². The molecule has 0 saturated carbocycles. The van der Waals surface area contributed by atoms with Crippen LogP contribution in [0.25, 0.3) is 0 Å². The van der Waals surface area contributed by atoms with Gasteiger partial charge in [-0.05, 0) is 23.8 Å². The van der Waals surface area contributed by atoms with Crippen LogP contribution in [0.4, 0.5) is 0 Å². The topological polar surface area (TPSA) is 33.1 Å². The van der Waals surface area contributed by atoms with E-state index in [9.17, 15) is 5.11 Å². The highest BCUT2D eigenvalue weighted by Gasteiger charge is 2.28. The van der Waals surface area contributed by atoms with Gasteiger partial charge in [0.15, 0.2) is 5.60 Å². The van der Waals surface area contributed by atoms with Gasteiger partial charge in [0.25, 0.3) is 0 Å². The van der Waals surface area contributed by atoms with E-state index in [4.69, 9.17) is 29.6 Å². The molecular weight excluding hydrogens is 281 g/mol. The van der Waals surface area contributed by atoms with Crippen LogP contribution in [0.15, 0.2) is 42.7 Å². The number of aromatic nitrogens is 1. The monoisotopic (exact) mass is 291 g/mol. The van der Waals surface area contributed by atoms with E-state index in [0.29, 0.717) is 15.6 Å². The highest BCUT2D eigenvalue weighted by molar-refractivity contribution is 6.35. The fraction of sp³-hybridized carbons (Fsp3) is 0.133. The average molecular weight is 292 g/mol. The summed E-state index contributed by atoms with van der Waals surface area (Å²) in [5, 5.41) is 11.6. The zero-order chi connectivity index (χ0) is 13.9. The standard InChI is InChI=1S/C15H11Cl2NO/c1-2-15(19,12-4-3-7-18-10-12)9-11-5-6-13(16)8-14(11)17/h1,3-8,10,19H,9H2. The quantitative estimate of drug-likeness (QED) is 0.879. The SMILES string of the molecule is C#CC(O)(Cc1ccc(Cl)cc1Cl)c1cccnc1. The Morgan fingerprint density at radius 2 is 2.11 bits per heavy atom. The smallest absolute Gasteiger partial charge is 0.156 e. The lowest BCUT2D eigenvalue weighted by Crippen LogP contribution is -2.26. The van der Waals surface area contributed by atoms with Crippen LogP contribution in [0.2, 0.25) is 10.0 Å². The third-order valence-corrected chi connectivity index (χ3v) is 3.43.